The molecule has 0 aromatic heterocycles. The molecule has 160 valence electrons. The molecule has 3 aromatic carbocycles. The summed E-state index contributed by atoms with van der Waals surface area (Å²) in [6, 6.07) is 19.5. The lowest BCUT2D eigenvalue weighted by Gasteiger charge is -2.15. The van der Waals surface area contributed by atoms with Gasteiger partial charge in [-0.1, -0.05) is 71.7 Å². The minimum absolute atomic E-state index is 0.0112. The van der Waals surface area contributed by atoms with Crippen LogP contribution in [0.5, 0.6) is 5.75 Å². The predicted octanol–water partition coefficient (Wildman–Crippen LogP) is 5.40. The van der Waals surface area contributed by atoms with Crippen LogP contribution in [0.2, 0.25) is 10.0 Å². The number of fused-ring (bicyclic) bond motifs is 3. The first-order valence-corrected chi connectivity index (χ1v) is 10.6. The molecule has 1 aliphatic carbocycles. The lowest BCUT2D eigenvalue weighted by molar-refractivity contribution is 0.141. The number of ether oxygens (including phenoxy) is 2. The monoisotopic (exact) mass is 457 g/mol. The Bertz CT molecular complexity index is 1030. The van der Waals surface area contributed by atoms with Crippen molar-refractivity contribution in [2.24, 2.45) is 0 Å². The van der Waals surface area contributed by atoms with Crippen molar-refractivity contribution in [3.05, 3.63) is 87.4 Å². The van der Waals surface area contributed by atoms with E-state index in [0.717, 1.165) is 11.1 Å². The average molecular weight is 458 g/mol. The first-order valence-electron chi connectivity index (χ1n) is 9.89. The Hall–Kier alpha value is -2.73. The van der Waals surface area contributed by atoms with Gasteiger partial charge in [-0.05, 0) is 39.9 Å². The fourth-order valence-electron chi connectivity index (χ4n) is 3.80. The molecular weight excluding hydrogens is 437 g/mol. The minimum atomic E-state index is -0.515. The summed E-state index contributed by atoms with van der Waals surface area (Å²) >= 11 is 12.3. The third kappa shape index (κ3) is 4.64. The van der Waals surface area contributed by atoms with E-state index in [1.165, 1.54) is 11.1 Å². The van der Waals surface area contributed by atoms with Crippen molar-refractivity contribution in [3.63, 3.8) is 0 Å². The van der Waals surface area contributed by atoms with E-state index in [9.17, 15) is 9.90 Å². The van der Waals surface area contributed by atoms with E-state index in [0.29, 0.717) is 21.4 Å². The topological polar surface area (TPSA) is 67.8 Å². The zero-order valence-electron chi connectivity index (χ0n) is 16.6. The number of nitrogens with one attached hydrogen (secondary N) is 1. The highest BCUT2D eigenvalue weighted by Crippen LogP contribution is 2.44. The smallest absolute Gasteiger partial charge is 0.407 e. The fourth-order valence-corrected chi connectivity index (χ4v) is 4.44. The number of carbonyl (C=O) groups excluding carboxylic acids is 1. The number of amides is 1. The van der Waals surface area contributed by atoms with Crippen LogP contribution in [0.4, 0.5) is 4.79 Å². The van der Waals surface area contributed by atoms with Gasteiger partial charge in [0.15, 0.2) is 5.75 Å². The molecule has 2 N–H and O–H groups in total. The maximum Gasteiger partial charge on any atom is 0.407 e. The van der Waals surface area contributed by atoms with Gasteiger partial charge in [0.2, 0.25) is 0 Å². The molecule has 7 heteroatoms. The number of alkyl carbamates (subject to hydrolysis) is 1. The van der Waals surface area contributed by atoms with E-state index in [-0.39, 0.29) is 32.3 Å². The highest BCUT2D eigenvalue weighted by Gasteiger charge is 2.28. The summed E-state index contributed by atoms with van der Waals surface area (Å²) in [5, 5.41) is 12.5. The van der Waals surface area contributed by atoms with E-state index in [4.69, 9.17) is 32.7 Å². The zero-order valence-corrected chi connectivity index (χ0v) is 18.1. The predicted molar refractivity (Wildman–Crippen MR) is 121 cm³/mol. The van der Waals surface area contributed by atoms with Gasteiger partial charge in [0.25, 0.3) is 0 Å². The third-order valence-electron chi connectivity index (χ3n) is 5.20. The maximum atomic E-state index is 12.2. The summed E-state index contributed by atoms with van der Waals surface area (Å²) in [5.74, 6) is 0.326. The van der Waals surface area contributed by atoms with E-state index in [2.05, 4.69) is 29.6 Å². The van der Waals surface area contributed by atoms with Gasteiger partial charge in [-0.25, -0.2) is 4.79 Å². The fraction of sp³-hybridized carbons (Fsp3) is 0.208. The molecule has 0 saturated carbocycles. The van der Waals surface area contributed by atoms with Crippen LogP contribution >= 0.6 is 23.2 Å². The maximum absolute atomic E-state index is 12.2. The minimum Gasteiger partial charge on any atom is -0.489 e. The van der Waals surface area contributed by atoms with Gasteiger partial charge < -0.3 is 19.9 Å². The Morgan fingerprint density at radius 3 is 2.13 bits per heavy atom. The molecule has 0 bridgehead atoms. The van der Waals surface area contributed by atoms with E-state index >= 15 is 0 Å². The summed E-state index contributed by atoms with van der Waals surface area (Å²) in [6.07, 6.45) is -0.515. The van der Waals surface area contributed by atoms with Crippen LogP contribution in [0.3, 0.4) is 0 Å². The van der Waals surface area contributed by atoms with Crippen LogP contribution in [-0.4, -0.2) is 31.0 Å². The summed E-state index contributed by atoms with van der Waals surface area (Å²) in [6.45, 7) is 0.483. The molecule has 3 aromatic rings. The molecule has 1 aliphatic rings. The standard InChI is InChI=1S/C24H21Cl2NO4/c25-21-11-15(13-28)12-22(26)23(21)30-10-9-27-24(29)31-14-20-18-7-3-1-5-16(18)17-6-2-4-8-19(17)20/h1-8,11-12,20,28H,9-10,13-14H2,(H,27,29). The van der Waals surface area contributed by atoms with Crippen molar-refractivity contribution in [1.82, 2.24) is 5.32 Å². The number of rotatable bonds is 7. The van der Waals surface area contributed by atoms with E-state index in [1.54, 1.807) is 12.1 Å². The molecule has 0 fully saturated rings. The second-order valence-electron chi connectivity index (χ2n) is 7.15. The number of halogens is 2. The molecule has 0 unspecified atom stereocenters. The highest BCUT2D eigenvalue weighted by molar-refractivity contribution is 6.37. The number of aliphatic hydroxyl groups is 1. The number of hydrogen-bond acceptors (Lipinski definition) is 4. The van der Waals surface area contributed by atoms with Crippen molar-refractivity contribution >= 4 is 29.3 Å². The van der Waals surface area contributed by atoms with Gasteiger partial charge in [-0.3, -0.25) is 0 Å². The highest BCUT2D eigenvalue weighted by atomic mass is 35.5. The molecule has 5 nitrogen and oxygen atoms in total. The second-order valence-corrected chi connectivity index (χ2v) is 7.96. The molecule has 0 aliphatic heterocycles. The van der Waals surface area contributed by atoms with Crippen molar-refractivity contribution < 1.29 is 19.4 Å². The molecule has 0 spiro atoms. The first-order chi connectivity index (χ1) is 15.1. The van der Waals surface area contributed by atoms with Gasteiger partial charge in [-0.15, -0.1) is 0 Å². The number of hydrogen-bond donors (Lipinski definition) is 2. The number of carbonyl (C=O) groups is 1. The molecular formula is C24H21Cl2NO4. The van der Waals surface area contributed by atoms with Gasteiger partial charge in [0.05, 0.1) is 23.2 Å². The Morgan fingerprint density at radius 2 is 1.55 bits per heavy atom. The van der Waals surface area contributed by atoms with Crippen LogP contribution in [0, 0.1) is 0 Å². The van der Waals surface area contributed by atoms with Gasteiger partial charge in [-0.2, -0.15) is 0 Å². The van der Waals surface area contributed by atoms with Crippen molar-refractivity contribution in [3.8, 4) is 16.9 Å². The van der Waals surface area contributed by atoms with Gasteiger partial charge >= 0.3 is 6.09 Å². The molecule has 1 amide bonds. The van der Waals surface area contributed by atoms with Crippen molar-refractivity contribution in [2.75, 3.05) is 19.8 Å². The van der Waals surface area contributed by atoms with Crippen LogP contribution < -0.4 is 10.1 Å². The zero-order chi connectivity index (χ0) is 21.8. The van der Waals surface area contributed by atoms with Gasteiger partial charge in [0, 0.05) is 5.92 Å². The normalized spacial score (nSPS) is 12.2. The summed E-state index contributed by atoms with van der Waals surface area (Å²) < 4.78 is 11.1. The molecule has 4 rings (SSSR count). The largest absolute Gasteiger partial charge is 0.489 e. The summed E-state index contributed by atoms with van der Waals surface area (Å²) in [7, 11) is 0. The molecule has 0 radical (unpaired) electrons. The third-order valence-corrected chi connectivity index (χ3v) is 5.76. The first kappa shape index (κ1) is 21.5. The lowest BCUT2D eigenvalue weighted by atomic mass is 9.98. The van der Waals surface area contributed by atoms with Crippen LogP contribution in [0.1, 0.15) is 22.6 Å². The Labute approximate surface area is 190 Å². The quantitative estimate of drug-likeness (QED) is 0.465. The van der Waals surface area contributed by atoms with Crippen LogP contribution in [-0.2, 0) is 11.3 Å². The number of aliphatic hydroxyl groups excluding tert-OH is 1. The number of benzene rings is 3. The molecule has 31 heavy (non-hydrogen) atoms. The van der Waals surface area contributed by atoms with Crippen molar-refractivity contribution in [2.45, 2.75) is 12.5 Å². The van der Waals surface area contributed by atoms with Crippen molar-refractivity contribution in [1.29, 1.82) is 0 Å². The molecule has 0 heterocycles. The second kappa shape index (κ2) is 9.60. The molecule has 0 saturated heterocycles. The van der Waals surface area contributed by atoms with Gasteiger partial charge in [0.1, 0.15) is 13.2 Å². The SMILES string of the molecule is O=C(NCCOc1c(Cl)cc(CO)cc1Cl)OCC1c2ccccc2-c2ccccc21. The van der Waals surface area contributed by atoms with E-state index < -0.39 is 6.09 Å². The van der Waals surface area contributed by atoms with Crippen LogP contribution in [0.25, 0.3) is 11.1 Å². The Balaban J connectivity index is 1.29. The Morgan fingerprint density at radius 1 is 0.968 bits per heavy atom. The summed E-state index contributed by atoms with van der Waals surface area (Å²) in [5.41, 5.74) is 5.29. The average Bonchev–Trinajstić information content (AvgIpc) is 3.10. The lowest BCUT2D eigenvalue weighted by Crippen LogP contribution is -2.30. The summed E-state index contributed by atoms with van der Waals surface area (Å²) in [4.78, 5) is 12.2. The van der Waals surface area contributed by atoms with E-state index in [1.807, 2.05) is 24.3 Å². The van der Waals surface area contributed by atoms with Crippen LogP contribution in [0.15, 0.2) is 60.7 Å². The Kier molecular flexibility index (Phi) is 6.66. The molecule has 0 atom stereocenters.